The van der Waals surface area contributed by atoms with Crippen LogP contribution >= 0.6 is 7.60 Å². The van der Waals surface area contributed by atoms with Crippen LogP contribution in [0.15, 0.2) is 65.5 Å². The SMILES string of the molecule is COP(=O)(OC)C(Nc1c(C)n(C)n(-c2ccccc2)c1=O)c1ccccc1. The quantitative estimate of drug-likeness (QED) is 0.604. The van der Waals surface area contributed by atoms with E-state index < -0.39 is 13.4 Å². The van der Waals surface area contributed by atoms with E-state index in [2.05, 4.69) is 5.32 Å². The molecule has 0 fully saturated rings. The van der Waals surface area contributed by atoms with Crippen molar-refractivity contribution in [3.63, 3.8) is 0 Å². The summed E-state index contributed by atoms with van der Waals surface area (Å²) in [7, 11) is 0.910. The summed E-state index contributed by atoms with van der Waals surface area (Å²) in [5.74, 6) is -0.832. The van der Waals surface area contributed by atoms with Crippen LogP contribution in [0.2, 0.25) is 0 Å². The summed E-state index contributed by atoms with van der Waals surface area (Å²) in [5, 5.41) is 3.14. The number of benzene rings is 2. The Morgan fingerprint density at radius 1 is 0.964 bits per heavy atom. The largest absolute Gasteiger partial charge is 0.362 e. The van der Waals surface area contributed by atoms with Gasteiger partial charge in [-0.05, 0) is 24.6 Å². The van der Waals surface area contributed by atoms with Gasteiger partial charge >= 0.3 is 7.60 Å². The maximum atomic E-state index is 13.2. The molecule has 0 aliphatic rings. The van der Waals surface area contributed by atoms with Crippen LogP contribution < -0.4 is 10.9 Å². The Balaban J connectivity index is 2.13. The molecule has 148 valence electrons. The van der Waals surface area contributed by atoms with Crippen LogP contribution in [0.3, 0.4) is 0 Å². The van der Waals surface area contributed by atoms with Crippen molar-refractivity contribution in [1.29, 1.82) is 0 Å². The molecule has 0 amide bonds. The molecule has 1 unspecified atom stereocenters. The second kappa shape index (κ2) is 8.19. The van der Waals surface area contributed by atoms with Gasteiger partial charge in [0.2, 0.25) is 0 Å². The van der Waals surface area contributed by atoms with Gasteiger partial charge in [0.15, 0.2) is 5.78 Å². The minimum absolute atomic E-state index is 0.245. The van der Waals surface area contributed by atoms with Crippen LogP contribution in [0.1, 0.15) is 17.0 Å². The molecule has 1 N–H and O–H groups in total. The zero-order valence-electron chi connectivity index (χ0n) is 16.3. The average molecular weight is 401 g/mol. The summed E-state index contributed by atoms with van der Waals surface area (Å²) in [6.07, 6.45) is 0. The van der Waals surface area contributed by atoms with E-state index in [0.717, 1.165) is 5.69 Å². The number of hydrogen-bond donors (Lipinski definition) is 1. The maximum Gasteiger partial charge on any atom is 0.356 e. The second-order valence-corrected chi connectivity index (χ2v) is 8.63. The van der Waals surface area contributed by atoms with Crippen molar-refractivity contribution in [2.75, 3.05) is 19.5 Å². The zero-order chi connectivity index (χ0) is 20.3. The highest BCUT2D eigenvalue weighted by molar-refractivity contribution is 7.54. The summed E-state index contributed by atoms with van der Waals surface area (Å²) in [6, 6.07) is 18.5. The monoisotopic (exact) mass is 401 g/mol. The van der Waals surface area contributed by atoms with Gasteiger partial charge < -0.3 is 14.4 Å². The molecule has 0 aliphatic heterocycles. The minimum atomic E-state index is -3.56. The number of aromatic nitrogens is 2. The van der Waals surface area contributed by atoms with E-state index in [1.807, 2.05) is 67.6 Å². The first-order valence-corrected chi connectivity index (χ1v) is 10.4. The third-order valence-corrected chi connectivity index (χ3v) is 6.85. The van der Waals surface area contributed by atoms with E-state index in [4.69, 9.17) is 9.05 Å². The molecule has 3 aromatic rings. The lowest BCUT2D eigenvalue weighted by molar-refractivity contribution is 0.268. The fourth-order valence-electron chi connectivity index (χ4n) is 3.14. The Bertz CT molecular complexity index is 1040. The van der Waals surface area contributed by atoms with Crippen molar-refractivity contribution >= 4 is 13.3 Å². The molecule has 0 bridgehead atoms. The Morgan fingerprint density at radius 3 is 2.04 bits per heavy atom. The molecular formula is C20H24N3O4P. The topological polar surface area (TPSA) is 74.5 Å². The van der Waals surface area contributed by atoms with E-state index >= 15 is 0 Å². The van der Waals surface area contributed by atoms with E-state index in [9.17, 15) is 9.36 Å². The summed E-state index contributed by atoms with van der Waals surface area (Å²) < 4.78 is 27.0. The molecule has 0 spiro atoms. The summed E-state index contributed by atoms with van der Waals surface area (Å²) in [6.45, 7) is 1.83. The number of nitrogens with zero attached hydrogens (tertiary/aromatic N) is 2. The first-order valence-electron chi connectivity index (χ1n) is 8.79. The van der Waals surface area contributed by atoms with Gasteiger partial charge in [0.25, 0.3) is 5.56 Å². The number of para-hydroxylation sites is 1. The molecule has 2 aromatic carbocycles. The molecule has 0 saturated heterocycles. The molecule has 7 nitrogen and oxygen atoms in total. The number of hydrogen-bond acceptors (Lipinski definition) is 5. The van der Waals surface area contributed by atoms with Crippen LogP contribution in [-0.4, -0.2) is 23.6 Å². The molecule has 1 aromatic heterocycles. The fraction of sp³-hybridized carbons (Fsp3) is 0.250. The Morgan fingerprint density at radius 2 is 1.50 bits per heavy atom. The summed E-state index contributed by atoms with van der Waals surface area (Å²) in [5.41, 5.74) is 2.24. The van der Waals surface area contributed by atoms with Gasteiger partial charge in [0.05, 0.1) is 11.4 Å². The second-order valence-electron chi connectivity index (χ2n) is 6.30. The normalized spacial score (nSPS) is 12.7. The Hall–Kier alpha value is -2.60. The molecule has 1 heterocycles. The van der Waals surface area contributed by atoms with Crippen LogP contribution in [-0.2, 0) is 20.7 Å². The standard InChI is InChI=1S/C20H24N3O4P/c1-15-18(20(24)23(22(15)2)17-13-9-6-10-14-17)21-19(28(25,26-3)27-4)16-11-7-5-8-12-16/h5-14,19,21H,1-4H3. The first kappa shape index (κ1) is 20.1. The molecule has 0 saturated carbocycles. The predicted octanol–water partition coefficient (Wildman–Crippen LogP) is 4.08. The Labute approximate surface area is 164 Å². The van der Waals surface area contributed by atoms with Crippen LogP contribution in [0, 0.1) is 6.92 Å². The van der Waals surface area contributed by atoms with Crippen LogP contribution in [0.25, 0.3) is 5.69 Å². The van der Waals surface area contributed by atoms with Gasteiger partial charge in [-0.2, -0.15) is 0 Å². The fourth-order valence-corrected chi connectivity index (χ4v) is 4.53. The van der Waals surface area contributed by atoms with Gasteiger partial charge in [-0.1, -0.05) is 48.5 Å². The molecule has 1 atom stereocenters. The van der Waals surface area contributed by atoms with Crippen molar-refractivity contribution in [3.05, 3.63) is 82.3 Å². The number of anilines is 1. The lowest BCUT2D eigenvalue weighted by Crippen LogP contribution is -2.22. The third-order valence-electron chi connectivity index (χ3n) is 4.78. The third kappa shape index (κ3) is 3.56. The lowest BCUT2D eigenvalue weighted by Gasteiger charge is -2.26. The predicted molar refractivity (Wildman–Crippen MR) is 110 cm³/mol. The molecule has 0 radical (unpaired) electrons. The summed E-state index contributed by atoms with van der Waals surface area (Å²) >= 11 is 0. The highest BCUT2D eigenvalue weighted by Crippen LogP contribution is 2.59. The minimum Gasteiger partial charge on any atom is -0.362 e. The smallest absolute Gasteiger partial charge is 0.356 e. The zero-order valence-corrected chi connectivity index (χ0v) is 17.2. The lowest BCUT2D eigenvalue weighted by atomic mass is 10.2. The van der Waals surface area contributed by atoms with Crippen molar-refractivity contribution < 1.29 is 13.6 Å². The first-order chi connectivity index (χ1) is 13.4. The van der Waals surface area contributed by atoms with Gasteiger partial charge in [0, 0.05) is 21.3 Å². The van der Waals surface area contributed by atoms with Gasteiger partial charge in [-0.25, -0.2) is 4.68 Å². The highest BCUT2D eigenvalue weighted by atomic mass is 31.2. The van der Waals surface area contributed by atoms with Crippen molar-refractivity contribution in [2.45, 2.75) is 12.7 Å². The Kier molecular flexibility index (Phi) is 5.89. The van der Waals surface area contributed by atoms with E-state index in [0.29, 0.717) is 16.9 Å². The van der Waals surface area contributed by atoms with E-state index in [1.165, 1.54) is 14.2 Å². The molecular weight excluding hydrogens is 377 g/mol. The summed E-state index contributed by atoms with van der Waals surface area (Å²) in [4.78, 5) is 13.2. The van der Waals surface area contributed by atoms with Crippen molar-refractivity contribution in [2.24, 2.45) is 7.05 Å². The average Bonchev–Trinajstić information content (AvgIpc) is 2.95. The van der Waals surface area contributed by atoms with E-state index in [-0.39, 0.29) is 5.56 Å². The molecule has 8 heteroatoms. The van der Waals surface area contributed by atoms with Gasteiger partial charge in [0.1, 0.15) is 5.69 Å². The maximum absolute atomic E-state index is 13.2. The number of rotatable bonds is 7. The molecule has 0 aliphatic carbocycles. The van der Waals surface area contributed by atoms with E-state index in [1.54, 1.807) is 16.4 Å². The van der Waals surface area contributed by atoms with Gasteiger partial charge in [-0.3, -0.25) is 14.0 Å². The van der Waals surface area contributed by atoms with Crippen LogP contribution in [0.5, 0.6) is 0 Å². The van der Waals surface area contributed by atoms with Crippen LogP contribution in [0.4, 0.5) is 5.69 Å². The molecule has 28 heavy (non-hydrogen) atoms. The van der Waals surface area contributed by atoms with Crippen molar-refractivity contribution in [1.82, 2.24) is 9.36 Å². The van der Waals surface area contributed by atoms with Gasteiger partial charge in [-0.15, -0.1) is 0 Å². The van der Waals surface area contributed by atoms with Crippen molar-refractivity contribution in [3.8, 4) is 5.69 Å². The highest BCUT2D eigenvalue weighted by Gasteiger charge is 2.37. The molecule has 3 rings (SSSR count). The number of nitrogens with one attached hydrogen (secondary N) is 1.